The number of allylic oxidation sites excluding steroid dienone is 3. The zero-order valence-electron chi connectivity index (χ0n) is 14.8. The minimum absolute atomic E-state index is 0.106. The summed E-state index contributed by atoms with van der Waals surface area (Å²) in [5.74, 6) is -0.641. The Hall–Kier alpha value is -2.43. The van der Waals surface area contributed by atoms with Gasteiger partial charge in [-0.3, -0.25) is 9.78 Å². The van der Waals surface area contributed by atoms with Crippen LogP contribution in [-0.4, -0.2) is 23.3 Å². The van der Waals surface area contributed by atoms with E-state index in [9.17, 15) is 9.59 Å². The first-order valence-corrected chi connectivity index (χ1v) is 8.94. The second kappa shape index (κ2) is 7.64. The van der Waals surface area contributed by atoms with E-state index in [1.807, 2.05) is 19.1 Å². The minimum Gasteiger partial charge on any atom is -0.462 e. The molecule has 0 spiro atoms. The first kappa shape index (κ1) is 17.4. The number of carbonyl (C=O) groups is 2. The molecule has 0 saturated heterocycles. The van der Waals surface area contributed by atoms with Crippen LogP contribution in [0.15, 0.2) is 47.1 Å². The third kappa shape index (κ3) is 3.50. The SMILES string of the molecule is CCCCOC(=O)C1=C(C)NC2=C(C(=O)CCC2)C1c1cccnc1. The predicted molar refractivity (Wildman–Crippen MR) is 94.6 cm³/mol. The molecular formula is C20H24N2O3. The van der Waals surface area contributed by atoms with Crippen LogP contribution in [0.1, 0.15) is 57.4 Å². The summed E-state index contributed by atoms with van der Waals surface area (Å²) in [6.45, 7) is 4.32. The highest BCUT2D eigenvalue weighted by molar-refractivity contribution is 6.03. The molecule has 25 heavy (non-hydrogen) atoms. The number of esters is 1. The van der Waals surface area contributed by atoms with E-state index in [4.69, 9.17) is 4.74 Å². The predicted octanol–water partition coefficient (Wildman–Crippen LogP) is 3.39. The highest BCUT2D eigenvalue weighted by Crippen LogP contribution is 2.42. The van der Waals surface area contributed by atoms with E-state index in [0.717, 1.165) is 42.6 Å². The number of Topliss-reactive ketones (excluding diaryl/α,β-unsaturated/α-hetero) is 1. The highest BCUT2D eigenvalue weighted by Gasteiger charge is 2.39. The van der Waals surface area contributed by atoms with Gasteiger partial charge < -0.3 is 10.1 Å². The van der Waals surface area contributed by atoms with E-state index in [0.29, 0.717) is 24.2 Å². The van der Waals surface area contributed by atoms with Gasteiger partial charge in [-0.2, -0.15) is 0 Å². The van der Waals surface area contributed by atoms with E-state index in [-0.39, 0.29) is 11.8 Å². The van der Waals surface area contributed by atoms with E-state index >= 15 is 0 Å². The quantitative estimate of drug-likeness (QED) is 0.657. The molecule has 1 unspecified atom stereocenters. The maximum atomic E-state index is 12.8. The molecule has 2 aliphatic rings. The number of nitrogens with one attached hydrogen (secondary N) is 1. The molecule has 5 nitrogen and oxygen atoms in total. The Morgan fingerprint density at radius 1 is 1.40 bits per heavy atom. The normalized spacial score (nSPS) is 20.2. The van der Waals surface area contributed by atoms with Crippen LogP contribution in [0.25, 0.3) is 0 Å². The fourth-order valence-corrected chi connectivity index (χ4v) is 3.52. The van der Waals surface area contributed by atoms with E-state index in [1.165, 1.54) is 0 Å². The molecule has 0 aromatic carbocycles. The van der Waals surface area contributed by atoms with Crippen molar-refractivity contribution in [3.05, 3.63) is 52.6 Å². The topological polar surface area (TPSA) is 68.3 Å². The van der Waals surface area contributed by atoms with Crippen molar-refractivity contribution in [1.29, 1.82) is 0 Å². The summed E-state index contributed by atoms with van der Waals surface area (Å²) in [6.07, 6.45) is 7.41. The molecule has 0 radical (unpaired) electrons. The molecule has 1 aliphatic carbocycles. The van der Waals surface area contributed by atoms with Crippen molar-refractivity contribution < 1.29 is 14.3 Å². The van der Waals surface area contributed by atoms with Gasteiger partial charge in [-0.15, -0.1) is 0 Å². The minimum atomic E-state index is -0.396. The van der Waals surface area contributed by atoms with Crippen molar-refractivity contribution in [3.8, 4) is 0 Å². The maximum Gasteiger partial charge on any atom is 0.336 e. The number of ketones is 1. The molecule has 1 aliphatic heterocycles. The van der Waals surface area contributed by atoms with Crippen molar-refractivity contribution >= 4 is 11.8 Å². The first-order chi connectivity index (χ1) is 12.1. The summed E-state index contributed by atoms with van der Waals surface area (Å²) in [6, 6.07) is 3.75. The van der Waals surface area contributed by atoms with Gasteiger partial charge in [0, 0.05) is 41.7 Å². The lowest BCUT2D eigenvalue weighted by Crippen LogP contribution is -2.34. The lowest BCUT2D eigenvalue weighted by Gasteiger charge is -2.34. The van der Waals surface area contributed by atoms with Crippen molar-refractivity contribution in [2.45, 2.75) is 51.9 Å². The van der Waals surface area contributed by atoms with Gasteiger partial charge in [-0.1, -0.05) is 19.4 Å². The fourth-order valence-electron chi connectivity index (χ4n) is 3.52. The van der Waals surface area contributed by atoms with Gasteiger partial charge in [0.15, 0.2) is 5.78 Å². The zero-order valence-corrected chi connectivity index (χ0v) is 14.8. The Morgan fingerprint density at radius 3 is 2.96 bits per heavy atom. The van der Waals surface area contributed by atoms with Gasteiger partial charge >= 0.3 is 5.97 Å². The molecule has 1 aromatic rings. The Bertz CT molecular complexity index is 735. The Labute approximate surface area is 148 Å². The molecule has 1 atom stereocenters. The molecular weight excluding hydrogens is 316 g/mol. The van der Waals surface area contributed by atoms with Crippen molar-refractivity contribution in [1.82, 2.24) is 10.3 Å². The molecule has 0 fully saturated rings. The summed E-state index contributed by atoms with van der Waals surface area (Å²) in [4.78, 5) is 29.6. The third-order valence-corrected chi connectivity index (χ3v) is 4.74. The van der Waals surface area contributed by atoms with Gasteiger partial charge in [0.25, 0.3) is 0 Å². The van der Waals surface area contributed by atoms with Crippen LogP contribution in [-0.2, 0) is 14.3 Å². The Morgan fingerprint density at radius 2 is 2.24 bits per heavy atom. The molecule has 0 amide bonds. The van der Waals surface area contributed by atoms with Crippen LogP contribution in [0.3, 0.4) is 0 Å². The number of aromatic nitrogens is 1. The van der Waals surface area contributed by atoms with Crippen molar-refractivity contribution in [3.63, 3.8) is 0 Å². The second-order valence-electron chi connectivity index (χ2n) is 6.54. The van der Waals surface area contributed by atoms with Crippen molar-refractivity contribution in [2.75, 3.05) is 6.61 Å². The van der Waals surface area contributed by atoms with Crippen LogP contribution >= 0.6 is 0 Å². The van der Waals surface area contributed by atoms with Crippen LogP contribution in [0.4, 0.5) is 0 Å². The van der Waals surface area contributed by atoms with E-state index < -0.39 is 5.92 Å². The number of rotatable bonds is 5. The number of hydrogen-bond donors (Lipinski definition) is 1. The number of pyridine rings is 1. The molecule has 5 heteroatoms. The average molecular weight is 340 g/mol. The van der Waals surface area contributed by atoms with Crippen LogP contribution < -0.4 is 5.32 Å². The maximum absolute atomic E-state index is 12.8. The molecule has 0 bridgehead atoms. The van der Waals surface area contributed by atoms with Gasteiger partial charge in [-0.05, 0) is 37.8 Å². The van der Waals surface area contributed by atoms with E-state index in [1.54, 1.807) is 12.4 Å². The number of dihydropyridines is 1. The van der Waals surface area contributed by atoms with Gasteiger partial charge in [0.1, 0.15) is 0 Å². The Balaban J connectivity index is 2.02. The summed E-state index contributed by atoms with van der Waals surface area (Å²) >= 11 is 0. The summed E-state index contributed by atoms with van der Waals surface area (Å²) < 4.78 is 5.47. The molecule has 0 saturated carbocycles. The lowest BCUT2D eigenvalue weighted by molar-refractivity contribution is -0.139. The largest absolute Gasteiger partial charge is 0.462 e. The molecule has 3 rings (SSSR count). The first-order valence-electron chi connectivity index (χ1n) is 8.94. The summed E-state index contributed by atoms with van der Waals surface area (Å²) in [5.41, 5.74) is 3.79. The molecule has 1 N–H and O–H groups in total. The van der Waals surface area contributed by atoms with Crippen LogP contribution in [0.5, 0.6) is 0 Å². The van der Waals surface area contributed by atoms with Gasteiger partial charge in [-0.25, -0.2) is 4.79 Å². The summed E-state index contributed by atoms with van der Waals surface area (Å²) in [7, 11) is 0. The van der Waals surface area contributed by atoms with Gasteiger partial charge in [0.05, 0.1) is 12.2 Å². The number of ether oxygens (including phenoxy) is 1. The fraction of sp³-hybridized carbons (Fsp3) is 0.450. The number of hydrogen-bond acceptors (Lipinski definition) is 5. The number of carbonyl (C=O) groups excluding carboxylic acids is 2. The molecule has 132 valence electrons. The average Bonchev–Trinajstić information content (AvgIpc) is 2.61. The number of nitrogens with zero attached hydrogens (tertiary/aromatic N) is 1. The third-order valence-electron chi connectivity index (χ3n) is 4.74. The zero-order chi connectivity index (χ0) is 17.8. The lowest BCUT2D eigenvalue weighted by atomic mass is 9.75. The smallest absolute Gasteiger partial charge is 0.336 e. The molecule has 1 aromatic heterocycles. The highest BCUT2D eigenvalue weighted by atomic mass is 16.5. The van der Waals surface area contributed by atoms with Gasteiger partial charge in [0.2, 0.25) is 0 Å². The number of unbranched alkanes of at least 4 members (excludes halogenated alkanes) is 1. The standard InChI is InChI=1S/C20H24N2O3/c1-3-4-11-25-20(24)17-13(2)22-15-8-5-9-16(23)19(15)18(17)14-7-6-10-21-12-14/h6-7,10,12,18,22H,3-5,8-9,11H2,1-2H3. The summed E-state index contributed by atoms with van der Waals surface area (Å²) in [5, 5.41) is 3.29. The Kier molecular flexibility index (Phi) is 5.31. The molecule has 2 heterocycles. The van der Waals surface area contributed by atoms with Crippen molar-refractivity contribution in [2.24, 2.45) is 0 Å². The van der Waals surface area contributed by atoms with Crippen LogP contribution in [0, 0.1) is 0 Å². The van der Waals surface area contributed by atoms with Crippen LogP contribution in [0.2, 0.25) is 0 Å². The second-order valence-corrected chi connectivity index (χ2v) is 6.54. The van der Waals surface area contributed by atoms with E-state index in [2.05, 4.69) is 17.2 Å². The monoisotopic (exact) mass is 340 g/mol.